The number of nitrogens with zero attached hydrogens (tertiary/aromatic N) is 1. The van der Waals surface area contributed by atoms with Gasteiger partial charge in [0.2, 0.25) is 0 Å². The molecule has 1 heterocycles. The third-order valence-corrected chi connectivity index (χ3v) is 2.93. The van der Waals surface area contributed by atoms with Gasteiger partial charge in [0.1, 0.15) is 0 Å². The Morgan fingerprint density at radius 3 is 2.67 bits per heavy atom. The van der Waals surface area contributed by atoms with Crippen molar-refractivity contribution in [3.05, 3.63) is 53.5 Å². The van der Waals surface area contributed by atoms with Crippen molar-refractivity contribution in [2.24, 2.45) is 5.73 Å². The molecule has 0 saturated heterocycles. The van der Waals surface area contributed by atoms with E-state index < -0.39 is 0 Å². The van der Waals surface area contributed by atoms with Crippen LogP contribution in [0.4, 0.5) is 5.69 Å². The van der Waals surface area contributed by atoms with Gasteiger partial charge in [0, 0.05) is 24.8 Å². The molecule has 4 heteroatoms. The lowest BCUT2D eigenvalue weighted by Crippen LogP contribution is -2.27. The monoisotopic (exact) mass is 244 g/mol. The summed E-state index contributed by atoms with van der Waals surface area (Å²) in [6.07, 6.45) is 1.52. The van der Waals surface area contributed by atoms with E-state index in [-0.39, 0.29) is 5.91 Å². The van der Waals surface area contributed by atoms with Gasteiger partial charge in [-0.15, -0.1) is 0 Å². The number of aryl methyl sites for hydroxylation is 1. The fourth-order valence-corrected chi connectivity index (χ4v) is 1.86. The molecule has 18 heavy (non-hydrogen) atoms. The molecule has 2 aromatic rings. The summed E-state index contributed by atoms with van der Waals surface area (Å²) in [5.41, 5.74) is 8.24. The van der Waals surface area contributed by atoms with Crippen molar-refractivity contribution in [1.82, 2.24) is 0 Å². The van der Waals surface area contributed by atoms with Crippen LogP contribution in [-0.4, -0.2) is 13.0 Å². The summed E-state index contributed by atoms with van der Waals surface area (Å²) < 4.78 is 5.22. The van der Waals surface area contributed by atoms with Crippen LogP contribution in [-0.2, 0) is 6.54 Å². The molecule has 0 aliphatic rings. The largest absolute Gasteiger partial charge is 0.459 e. The molecule has 94 valence electrons. The van der Waals surface area contributed by atoms with E-state index in [1.807, 2.05) is 31.2 Å². The van der Waals surface area contributed by atoms with Crippen LogP contribution in [0.1, 0.15) is 21.7 Å². The Bertz CT molecular complexity index is 560. The Hall–Kier alpha value is -2.07. The van der Waals surface area contributed by atoms with Gasteiger partial charge < -0.3 is 15.1 Å². The molecular formula is C14H16N2O2. The number of hydrogen-bond donors (Lipinski definition) is 1. The van der Waals surface area contributed by atoms with Crippen LogP contribution in [0.3, 0.4) is 0 Å². The Morgan fingerprint density at radius 1 is 1.33 bits per heavy atom. The zero-order valence-corrected chi connectivity index (χ0v) is 10.5. The molecule has 4 nitrogen and oxygen atoms in total. The predicted molar refractivity (Wildman–Crippen MR) is 70.5 cm³/mol. The minimum atomic E-state index is -0.168. The number of carbonyl (C=O) groups is 1. The SMILES string of the molecule is Cc1ccoc1C(=O)N(C)c1ccccc1CN. The molecule has 0 spiro atoms. The number of para-hydroxylation sites is 1. The first kappa shape index (κ1) is 12.4. The van der Waals surface area contributed by atoms with Crippen LogP contribution in [0.5, 0.6) is 0 Å². The van der Waals surface area contributed by atoms with E-state index in [1.165, 1.54) is 6.26 Å². The lowest BCUT2D eigenvalue weighted by Gasteiger charge is -2.19. The smallest absolute Gasteiger partial charge is 0.293 e. The fourth-order valence-electron chi connectivity index (χ4n) is 1.86. The van der Waals surface area contributed by atoms with Gasteiger partial charge >= 0.3 is 0 Å². The minimum Gasteiger partial charge on any atom is -0.459 e. The first-order valence-electron chi connectivity index (χ1n) is 5.75. The number of hydrogen-bond acceptors (Lipinski definition) is 3. The highest BCUT2D eigenvalue weighted by molar-refractivity contribution is 6.05. The van der Waals surface area contributed by atoms with E-state index in [2.05, 4.69) is 0 Å². The van der Waals surface area contributed by atoms with Gasteiger partial charge in [-0.2, -0.15) is 0 Å². The highest BCUT2D eigenvalue weighted by atomic mass is 16.3. The van der Waals surface area contributed by atoms with Crippen LogP contribution >= 0.6 is 0 Å². The van der Waals surface area contributed by atoms with Gasteiger partial charge in [0.05, 0.1) is 6.26 Å². The Labute approximate surface area is 106 Å². The molecule has 0 saturated carbocycles. The van der Waals surface area contributed by atoms with Crippen molar-refractivity contribution in [2.75, 3.05) is 11.9 Å². The molecule has 2 N–H and O–H groups in total. The van der Waals surface area contributed by atoms with Gasteiger partial charge in [-0.05, 0) is 24.6 Å². The number of carbonyl (C=O) groups excluding carboxylic acids is 1. The molecule has 0 unspecified atom stereocenters. The van der Waals surface area contributed by atoms with Crippen molar-refractivity contribution in [1.29, 1.82) is 0 Å². The molecule has 0 fully saturated rings. The summed E-state index contributed by atoms with van der Waals surface area (Å²) in [5, 5.41) is 0. The van der Waals surface area contributed by atoms with Crippen molar-refractivity contribution in [2.45, 2.75) is 13.5 Å². The topological polar surface area (TPSA) is 59.5 Å². The summed E-state index contributed by atoms with van der Waals surface area (Å²) in [6, 6.07) is 9.35. The van der Waals surface area contributed by atoms with Gasteiger partial charge in [-0.3, -0.25) is 4.79 Å². The lowest BCUT2D eigenvalue weighted by molar-refractivity contribution is 0.0965. The number of amides is 1. The van der Waals surface area contributed by atoms with Gasteiger partial charge in [0.15, 0.2) is 5.76 Å². The molecule has 2 rings (SSSR count). The Kier molecular flexibility index (Phi) is 3.48. The van der Waals surface area contributed by atoms with Gasteiger partial charge in [0.25, 0.3) is 5.91 Å². The van der Waals surface area contributed by atoms with E-state index in [4.69, 9.17) is 10.2 Å². The van der Waals surface area contributed by atoms with Crippen LogP contribution in [0.25, 0.3) is 0 Å². The summed E-state index contributed by atoms with van der Waals surface area (Å²) in [6.45, 7) is 2.24. The number of benzene rings is 1. The molecule has 0 aliphatic carbocycles. The van der Waals surface area contributed by atoms with Crippen LogP contribution < -0.4 is 10.6 Å². The Balaban J connectivity index is 2.34. The second kappa shape index (κ2) is 5.06. The normalized spacial score (nSPS) is 10.4. The quantitative estimate of drug-likeness (QED) is 0.901. The average Bonchev–Trinajstić information content (AvgIpc) is 2.83. The maximum atomic E-state index is 12.3. The standard InChI is InChI=1S/C14H16N2O2/c1-10-7-8-18-13(10)14(17)16(2)12-6-4-3-5-11(12)9-15/h3-8H,9,15H2,1-2H3. The summed E-state index contributed by atoms with van der Waals surface area (Å²) in [7, 11) is 1.72. The molecular weight excluding hydrogens is 228 g/mol. The third kappa shape index (κ3) is 2.15. The van der Waals surface area contributed by atoms with Crippen LogP contribution in [0.15, 0.2) is 41.0 Å². The molecule has 0 radical (unpaired) electrons. The summed E-state index contributed by atoms with van der Waals surface area (Å²) in [4.78, 5) is 13.9. The van der Waals surface area contributed by atoms with Crippen LogP contribution in [0, 0.1) is 6.92 Å². The van der Waals surface area contributed by atoms with E-state index in [0.29, 0.717) is 12.3 Å². The summed E-state index contributed by atoms with van der Waals surface area (Å²) in [5.74, 6) is 0.197. The fraction of sp³-hybridized carbons (Fsp3) is 0.214. The minimum absolute atomic E-state index is 0.168. The zero-order valence-electron chi connectivity index (χ0n) is 10.5. The number of furan rings is 1. The molecule has 1 amide bonds. The third-order valence-electron chi connectivity index (χ3n) is 2.93. The van der Waals surface area contributed by atoms with Crippen molar-refractivity contribution in [3.8, 4) is 0 Å². The molecule has 0 atom stereocenters. The molecule has 0 bridgehead atoms. The van der Waals surface area contributed by atoms with Crippen LogP contribution in [0.2, 0.25) is 0 Å². The van der Waals surface area contributed by atoms with Gasteiger partial charge in [-0.25, -0.2) is 0 Å². The van der Waals surface area contributed by atoms with Crippen molar-refractivity contribution >= 4 is 11.6 Å². The molecule has 1 aromatic heterocycles. The molecule has 0 aliphatic heterocycles. The van der Waals surface area contributed by atoms with Crippen molar-refractivity contribution < 1.29 is 9.21 Å². The lowest BCUT2D eigenvalue weighted by atomic mass is 10.1. The van der Waals surface area contributed by atoms with E-state index in [9.17, 15) is 4.79 Å². The predicted octanol–water partition coefficient (Wildman–Crippen LogP) is 2.32. The van der Waals surface area contributed by atoms with E-state index in [1.54, 1.807) is 18.0 Å². The maximum Gasteiger partial charge on any atom is 0.293 e. The molecule has 1 aromatic carbocycles. The number of rotatable bonds is 3. The highest BCUT2D eigenvalue weighted by Crippen LogP contribution is 2.21. The van der Waals surface area contributed by atoms with Crippen molar-refractivity contribution in [3.63, 3.8) is 0 Å². The maximum absolute atomic E-state index is 12.3. The summed E-state index contributed by atoms with van der Waals surface area (Å²) >= 11 is 0. The number of nitrogens with two attached hydrogens (primary N) is 1. The first-order valence-corrected chi connectivity index (χ1v) is 5.75. The first-order chi connectivity index (χ1) is 8.65. The zero-order chi connectivity index (χ0) is 13.1. The average molecular weight is 244 g/mol. The van der Waals surface area contributed by atoms with E-state index in [0.717, 1.165) is 16.8 Å². The number of anilines is 1. The van der Waals surface area contributed by atoms with E-state index >= 15 is 0 Å². The highest BCUT2D eigenvalue weighted by Gasteiger charge is 2.19. The van der Waals surface area contributed by atoms with Gasteiger partial charge in [-0.1, -0.05) is 18.2 Å². The second-order valence-electron chi connectivity index (χ2n) is 4.13. The Morgan fingerprint density at radius 2 is 2.06 bits per heavy atom. The second-order valence-corrected chi connectivity index (χ2v) is 4.13.